The van der Waals surface area contributed by atoms with E-state index in [0.717, 1.165) is 6.42 Å². The molecule has 1 heterocycles. The van der Waals surface area contributed by atoms with Crippen molar-refractivity contribution in [2.75, 3.05) is 0 Å². The summed E-state index contributed by atoms with van der Waals surface area (Å²) in [6, 6.07) is 5.13. The van der Waals surface area contributed by atoms with E-state index in [-0.39, 0.29) is 11.7 Å². The van der Waals surface area contributed by atoms with Crippen LogP contribution in [-0.2, 0) is 7.05 Å². The molecule has 0 fully saturated rings. The minimum Gasteiger partial charge on any atom is -0.408 e. The Hall–Kier alpha value is -1.84. The second-order valence-corrected chi connectivity index (χ2v) is 4.28. The summed E-state index contributed by atoms with van der Waals surface area (Å²) in [6.45, 7) is 3.87. The first kappa shape index (κ1) is 11.6. The number of carbonyl (C=O) groups excluding carboxylic acids is 1. The van der Waals surface area contributed by atoms with E-state index >= 15 is 0 Å². The summed E-state index contributed by atoms with van der Waals surface area (Å²) < 4.78 is 6.48. The summed E-state index contributed by atoms with van der Waals surface area (Å²) in [5.74, 6) is -0.336. The minimum absolute atomic E-state index is 0.0112. The fourth-order valence-electron chi connectivity index (χ4n) is 1.76. The molecule has 0 aliphatic rings. The minimum atomic E-state index is -0.409. The van der Waals surface area contributed by atoms with Crippen molar-refractivity contribution in [2.45, 2.75) is 20.3 Å². The van der Waals surface area contributed by atoms with Crippen LogP contribution in [-0.4, -0.2) is 10.4 Å². The molecule has 2 rings (SSSR count). The summed E-state index contributed by atoms with van der Waals surface area (Å²) in [4.78, 5) is 23.3. The van der Waals surface area contributed by atoms with E-state index in [2.05, 4.69) is 0 Å². The molecular weight excluding hydrogens is 218 g/mol. The van der Waals surface area contributed by atoms with Crippen LogP contribution in [0, 0.1) is 5.92 Å². The molecule has 0 aliphatic heterocycles. The maximum atomic E-state index is 12.0. The quantitative estimate of drug-likeness (QED) is 0.765. The van der Waals surface area contributed by atoms with Crippen LogP contribution in [0.3, 0.4) is 0 Å². The normalized spacial score (nSPS) is 12.9. The van der Waals surface area contributed by atoms with Crippen LogP contribution in [0.1, 0.15) is 30.6 Å². The smallest absolute Gasteiger partial charge is 0.408 e. The summed E-state index contributed by atoms with van der Waals surface area (Å²) in [5.41, 5.74) is 1.77. The number of oxazole rings is 1. The summed E-state index contributed by atoms with van der Waals surface area (Å²) in [6.07, 6.45) is 0.801. The molecule has 17 heavy (non-hydrogen) atoms. The lowest BCUT2D eigenvalue weighted by Gasteiger charge is -2.06. The highest BCUT2D eigenvalue weighted by atomic mass is 16.4. The van der Waals surface area contributed by atoms with Gasteiger partial charge in [0.05, 0.1) is 5.52 Å². The molecule has 4 nitrogen and oxygen atoms in total. The van der Waals surface area contributed by atoms with Crippen LogP contribution in [0.2, 0.25) is 0 Å². The number of hydrogen-bond donors (Lipinski definition) is 0. The number of Topliss-reactive ketones (excluding diaryl/α,β-unsaturated/α-hetero) is 1. The highest BCUT2D eigenvalue weighted by Crippen LogP contribution is 2.18. The first-order valence-corrected chi connectivity index (χ1v) is 5.68. The number of aromatic nitrogens is 1. The lowest BCUT2D eigenvalue weighted by Crippen LogP contribution is -2.10. The van der Waals surface area contributed by atoms with Crippen LogP contribution >= 0.6 is 0 Å². The van der Waals surface area contributed by atoms with Crippen molar-refractivity contribution in [1.82, 2.24) is 4.57 Å². The van der Waals surface area contributed by atoms with Gasteiger partial charge in [0.2, 0.25) is 0 Å². The van der Waals surface area contributed by atoms with Crippen LogP contribution in [0.4, 0.5) is 0 Å². The molecular formula is C13H15NO3. The zero-order valence-electron chi connectivity index (χ0n) is 10.2. The SMILES string of the molecule is CCC(C)C(=O)c1ccc2c(c1)oc(=O)n2C. The van der Waals surface area contributed by atoms with Crippen LogP contribution < -0.4 is 5.76 Å². The maximum absolute atomic E-state index is 12.0. The Balaban J connectivity index is 2.52. The lowest BCUT2D eigenvalue weighted by molar-refractivity contribution is 0.0927. The van der Waals surface area contributed by atoms with E-state index < -0.39 is 5.76 Å². The number of rotatable bonds is 3. The predicted molar refractivity (Wildman–Crippen MR) is 65.2 cm³/mol. The van der Waals surface area contributed by atoms with Crippen molar-refractivity contribution in [3.05, 3.63) is 34.3 Å². The van der Waals surface area contributed by atoms with Gasteiger partial charge in [-0.15, -0.1) is 0 Å². The molecule has 90 valence electrons. The highest BCUT2D eigenvalue weighted by molar-refractivity contribution is 5.99. The molecule has 0 amide bonds. The fourth-order valence-corrected chi connectivity index (χ4v) is 1.76. The number of carbonyl (C=O) groups is 1. The maximum Gasteiger partial charge on any atom is 0.419 e. The molecule has 0 saturated heterocycles. The number of nitrogens with zero attached hydrogens (tertiary/aromatic N) is 1. The Kier molecular flexibility index (Phi) is 2.88. The molecule has 0 aliphatic carbocycles. The Morgan fingerprint density at radius 1 is 1.47 bits per heavy atom. The number of ketones is 1. The van der Waals surface area contributed by atoms with Crippen molar-refractivity contribution >= 4 is 16.9 Å². The molecule has 0 radical (unpaired) electrons. The van der Waals surface area contributed by atoms with Gasteiger partial charge < -0.3 is 4.42 Å². The van der Waals surface area contributed by atoms with Crippen molar-refractivity contribution in [1.29, 1.82) is 0 Å². The fraction of sp³-hybridized carbons (Fsp3) is 0.385. The largest absolute Gasteiger partial charge is 0.419 e. The Bertz CT molecular complexity index is 621. The molecule has 0 spiro atoms. The van der Waals surface area contributed by atoms with E-state index in [0.29, 0.717) is 16.7 Å². The topological polar surface area (TPSA) is 52.2 Å². The third-order valence-corrected chi connectivity index (χ3v) is 3.14. The summed E-state index contributed by atoms with van der Waals surface area (Å²) >= 11 is 0. The monoisotopic (exact) mass is 233 g/mol. The zero-order valence-corrected chi connectivity index (χ0v) is 10.2. The molecule has 0 N–H and O–H groups in total. The lowest BCUT2D eigenvalue weighted by atomic mass is 9.97. The van der Waals surface area contributed by atoms with Crippen molar-refractivity contribution < 1.29 is 9.21 Å². The highest BCUT2D eigenvalue weighted by Gasteiger charge is 2.15. The van der Waals surface area contributed by atoms with Gasteiger partial charge in [0.25, 0.3) is 0 Å². The van der Waals surface area contributed by atoms with Gasteiger partial charge in [-0.3, -0.25) is 9.36 Å². The number of fused-ring (bicyclic) bond motifs is 1. The van der Waals surface area contributed by atoms with Crippen molar-refractivity contribution in [2.24, 2.45) is 13.0 Å². The van der Waals surface area contributed by atoms with Gasteiger partial charge in [-0.1, -0.05) is 13.8 Å². The number of benzene rings is 1. The van der Waals surface area contributed by atoms with Gasteiger partial charge in [-0.25, -0.2) is 4.79 Å². The van der Waals surface area contributed by atoms with E-state index in [1.165, 1.54) is 4.57 Å². The second-order valence-electron chi connectivity index (χ2n) is 4.28. The summed E-state index contributed by atoms with van der Waals surface area (Å²) in [7, 11) is 1.64. The first-order chi connectivity index (χ1) is 8.04. The number of aryl methyl sites for hydroxylation is 1. The molecule has 0 bridgehead atoms. The molecule has 1 unspecified atom stereocenters. The Labute approximate surface area is 98.8 Å². The van der Waals surface area contributed by atoms with Gasteiger partial charge in [-0.2, -0.15) is 0 Å². The molecule has 1 aromatic carbocycles. The van der Waals surface area contributed by atoms with E-state index in [9.17, 15) is 9.59 Å². The van der Waals surface area contributed by atoms with E-state index in [1.807, 2.05) is 13.8 Å². The number of hydrogen-bond acceptors (Lipinski definition) is 3. The van der Waals surface area contributed by atoms with Gasteiger partial charge >= 0.3 is 5.76 Å². The molecule has 2 aromatic rings. The molecule has 1 atom stereocenters. The van der Waals surface area contributed by atoms with Crippen molar-refractivity contribution in [3.63, 3.8) is 0 Å². The zero-order chi connectivity index (χ0) is 12.6. The Morgan fingerprint density at radius 3 is 2.82 bits per heavy atom. The van der Waals surface area contributed by atoms with Gasteiger partial charge in [-0.05, 0) is 24.6 Å². The third kappa shape index (κ3) is 1.90. The first-order valence-electron chi connectivity index (χ1n) is 5.68. The standard InChI is InChI=1S/C13H15NO3/c1-4-8(2)12(15)9-5-6-10-11(7-9)17-13(16)14(10)3/h5-8H,4H2,1-3H3. The summed E-state index contributed by atoms with van der Waals surface area (Å²) in [5, 5.41) is 0. The third-order valence-electron chi connectivity index (χ3n) is 3.14. The van der Waals surface area contributed by atoms with E-state index in [1.54, 1.807) is 25.2 Å². The molecule has 0 saturated carbocycles. The Morgan fingerprint density at radius 2 is 2.18 bits per heavy atom. The van der Waals surface area contributed by atoms with Crippen molar-refractivity contribution in [3.8, 4) is 0 Å². The molecule has 1 aromatic heterocycles. The predicted octanol–water partition coefficient (Wildman–Crippen LogP) is 2.36. The van der Waals surface area contributed by atoms with Gasteiger partial charge in [0.15, 0.2) is 11.4 Å². The van der Waals surface area contributed by atoms with Crippen LogP contribution in [0.5, 0.6) is 0 Å². The average molecular weight is 233 g/mol. The van der Waals surface area contributed by atoms with Gasteiger partial charge in [0.1, 0.15) is 0 Å². The van der Waals surface area contributed by atoms with E-state index in [4.69, 9.17) is 4.42 Å². The van der Waals surface area contributed by atoms with Crippen LogP contribution in [0.25, 0.3) is 11.1 Å². The second kappa shape index (κ2) is 4.20. The molecule has 4 heteroatoms. The average Bonchev–Trinajstić information content (AvgIpc) is 2.62. The van der Waals surface area contributed by atoms with Gasteiger partial charge in [0, 0.05) is 18.5 Å². The van der Waals surface area contributed by atoms with Crippen LogP contribution in [0.15, 0.2) is 27.4 Å².